The molecule has 1 rings (SSSR count). The number of hydrogen-bond acceptors (Lipinski definition) is 5. The number of carbonyl (C=O) groups is 2. The predicted molar refractivity (Wildman–Crippen MR) is 97.1 cm³/mol. The lowest BCUT2D eigenvalue weighted by molar-refractivity contribution is -0.144. The van der Waals surface area contributed by atoms with Crippen molar-refractivity contribution in [3.05, 3.63) is 0 Å². The van der Waals surface area contributed by atoms with Gasteiger partial charge >= 0.3 is 0 Å². The van der Waals surface area contributed by atoms with Crippen LogP contribution in [0.25, 0.3) is 0 Å². The Bertz CT molecular complexity index is 449. The van der Waals surface area contributed by atoms with Gasteiger partial charge < -0.3 is 14.9 Å². The molecule has 0 radical (unpaired) electrons. The molecule has 0 aromatic carbocycles. The number of hydrogen-bond donors (Lipinski definition) is 2. The molecular weight excluding hydrogens is 320 g/mol. The van der Waals surface area contributed by atoms with Gasteiger partial charge in [-0.2, -0.15) is 0 Å². The fourth-order valence-corrected chi connectivity index (χ4v) is 3.96. The van der Waals surface area contributed by atoms with Crippen molar-refractivity contribution >= 4 is 11.6 Å². The second-order valence-electron chi connectivity index (χ2n) is 8.13. The molecule has 8 atom stereocenters. The van der Waals surface area contributed by atoms with Crippen molar-refractivity contribution in [2.45, 2.75) is 79.1 Å². The molecule has 0 spiro atoms. The molecule has 0 aromatic rings. The normalized spacial score (nSPS) is 42.9. The Balaban J connectivity index is 3.04. The van der Waals surface area contributed by atoms with Crippen LogP contribution < -0.4 is 0 Å². The summed E-state index contributed by atoms with van der Waals surface area (Å²) in [4.78, 5) is 25.2. The Labute approximate surface area is 152 Å². The fourth-order valence-electron chi connectivity index (χ4n) is 3.96. The largest absolute Gasteiger partial charge is 0.390 e. The molecule has 1 fully saturated rings. The standard InChI is InChI=1S/C20H36O5/c1-7-16-20(24)19(23)15(6)18(22)13(4)9-11(2)8-12(3)17(21)14(5)10-25-16/h11-16,19-20,23-24H,7-10H2,1-6H3/t11-,12-,13-,14?,15?,16-,19?,20?/m1/s1. The highest BCUT2D eigenvalue weighted by Crippen LogP contribution is 2.27. The second kappa shape index (κ2) is 9.79. The first-order chi connectivity index (χ1) is 11.6. The van der Waals surface area contributed by atoms with Crippen molar-refractivity contribution < 1.29 is 24.5 Å². The van der Waals surface area contributed by atoms with Gasteiger partial charge in [-0.05, 0) is 25.2 Å². The molecule has 1 aliphatic rings. The molecule has 5 heteroatoms. The Morgan fingerprint density at radius 1 is 0.880 bits per heavy atom. The highest BCUT2D eigenvalue weighted by Gasteiger charge is 2.36. The highest BCUT2D eigenvalue weighted by molar-refractivity contribution is 5.84. The lowest BCUT2D eigenvalue weighted by atomic mass is 9.80. The van der Waals surface area contributed by atoms with Crippen LogP contribution in [0.5, 0.6) is 0 Å². The van der Waals surface area contributed by atoms with Crippen molar-refractivity contribution in [2.75, 3.05) is 6.61 Å². The lowest BCUT2D eigenvalue weighted by Gasteiger charge is -2.32. The molecule has 0 aromatic heterocycles. The molecule has 0 bridgehead atoms. The number of ether oxygens (including phenoxy) is 1. The zero-order chi connectivity index (χ0) is 19.3. The molecule has 1 heterocycles. The topological polar surface area (TPSA) is 83.8 Å². The molecule has 0 aliphatic carbocycles. The lowest BCUT2D eigenvalue weighted by Crippen LogP contribution is -2.46. The van der Waals surface area contributed by atoms with E-state index in [0.717, 1.165) is 6.42 Å². The maximum Gasteiger partial charge on any atom is 0.141 e. The van der Waals surface area contributed by atoms with Gasteiger partial charge in [0.1, 0.15) is 17.7 Å². The summed E-state index contributed by atoms with van der Waals surface area (Å²) in [5.74, 6) is -0.831. The van der Waals surface area contributed by atoms with E-state index in [1.54, 1.807) is 6.92 Å². The molecule has 0 amide bonds. The summed E-state index contributed by atoms with van der Waals surface area (Å²) in [6.45, 7) is 11.5. The molecule has 5 nitrogen and oxygen atoms in total. The van der Waals surface area contributed by atoms with Gasteiger partial charge in [0, 0.05) is 23.7 Å². The van der Waals surface area contributed by atoms with Gasteiger partial charge in [-0.15, -0.1) is 0 Å². The van der Waals surface area contributed by atoms with Crippen LogP contribution in [0.4, 0.5) is 0 Å². The summed E-state index contributed by atoms with van der Waals surface area (Å²) in [7, 11) is 0. The molecular formula is C20H36O5. The van der Waals surface area contributed by atoms with Gasteiger partial charge in [-0.3, -0.25) is 9.59 Å². The van der Waals surface area contributed by atoms with Gasteiger partial charge in [0.25, 0.3) is 0 Å². The van der Waals surface area contributed by atoms with Gasteiger partial charge in [-0.25, -0.2) is 0 Å². The van der Waals surface area contributed by atoms with E-state index in [4.69, 9.17) is 4.74 Å². The number of aliphatic hydroxyl groups excluding tert-OH is 2. The third-order valence-corrected chi connectivity index (χ3v) is 5.62. The van der Waals surface area contributed by atoms with Crippen molar-refractivity contribution in [3.63, 3.8) is 0 Å². The predicted octanol–water partition coefficient (Wildman–Crippen LogP) is 2.62. The summed E-state index contributed by atoms with van der Waals surface area (Å²) < 4.78 is 5.74. The fraction of sp³-hybridized carbons (Fsp3) is 0.900. The third-order valence-electron chi connectivity index (χ3n) is 5.62. The van der Waals surface area contributed by atoms with Crippen LogP contribution in [0.3, 0.4) is 0 Å². The number of ketones is 2. The molecule has 4 unspecified atom stereocenters. The molecule has 1 aliphatic heterocycles. The summed E-state index contributed by atoms with van der Waals surface area (Å²) in [6.07, 6.45) is -0.960. The minimum absolute atomic E-state index is 0.0438. The molecule has 0 saturated carbocycles. The van der Waals surface area contributed by atoms with Gasteiger partial charge in [-0.1, -0.05) is 41.5 Å². The molecule has 2 N–H and O–H groups in total. The minimum Gasteiger partial charge on any atom is -0.390 e. The van der Waals surface area contributed by atoms with E-state index in [2.05, 4.69) is 6.92 Å². The maximum atomic E-state index is 12.6. The zero-order valence-electron chi connectivity index (χ0n) is 16.6. The van der Waals surface area contributed by atoms with E-state index in [-0.39, 0.29) is 41.8 Å². The third kappa shape index (κ3) is 5.87. The van der Waals surface area contributed by atoms with Gasteiger partial charge in [0.15, 0.2) is 0 Å². The summed E-state index contributed by atoms with van der Waals surface area (Å²) in [5.41, 5.74) is 0. The maximum absolute atomic E-state index is 12.6. The Kier molecular flexibility index (Phi) is 8.72. The van der Waals surface area contributed by atoms with Crippen LogP contribution in [0.2, 0.25) is 0 Å². The van der Waals surface area contributed by atoms with Crippen LogP contribution >= 0.6 is 0 Å². The number of Topliss-reactive ketones (excluding diaryl/α,β-unsaturated/α-hetero) is 2. The Hall–Kier alpha value is -0.780. The average Bonchev–Trinajstić information content (AvgIpc) is 2.57. The highest BCUT2D eigenvalue weighted by atomic mass is 16.5. The van der Waals surface area contributed by atoms with E-state index < -0.39 is 24.2 Å². The van der Waals surface area contributed by atoms with Crippen LogP contribution in [0.15, 0.2) is 0 Å². The van der Waals surface area contributed by atoms with Crippen molar-refractivity contribution in [3.8, 4) is 0 Å². The summed E-state index contributed by atoms with van der Waals surface area (Å²) >= 11 is 0. The van der Waals surface area contributed by atoms with Crippen molar-refractivity contribution in [2.24, 2.45) is 29.6 Å². The zero-order valence-corrected chi connectivity index (χ0v) is 16.6. The smallest absolute Gasteiger partial charge is 0.141 e. The van der Waals surface area contributed by atoms with Crippen LogP contribution in [0, 0.1) is 29.6 Å². The second-order valence-corrected chi connectivity index (χ2v) is 8.13. The Morgan fingerprint density at radius 3 is 1.92 bits per heavy atom. The van der Waals surface area contributed by atoms with E-state index in [1.807, 2.05) is 27.7 Å². The van der Waals surface area contributed by atoms with Gasteiger partial charge in [0.05, 0.1) is 18.8 Å². The van der Waals surface area contributed by atoms with Crippen LogP contribution in [0.1, 0.15) is 60.8 Å². The Morgan fingerprint density at radius 2 is 1.40 bits per heavy atom. The monoisotopic (exact) mass is 356 g/mol. The first-order valence-electron chi connectivity index (χ1n) is 9.65. The van der Waals surface area contributed by atoms with E-state index >= 15 is 0 Å². The number of carbonyl (C=O) groups excluding carboxylic acids is 2. The first-order valence-corrected chi connectivity index (χ1v) is 9.65. The first kappa shape index (κ1) is 22.3. The van der Waals surface area contributed by atoms with E-state index in [9.17, 15) is 19.8 Å². The molecule has 1 saturated heterocycles. The van der Waals surface area contributed by atoms with Crippen LogP contribution in [-0.2, 0) is 14.3 Å². The number of rotatable bonds is 1. The molecule has 25 heavy (non-hydrogen) atoms. The summed E-state index contributed by atoms with van der Waals surface area (Å²) in [6, 6.07) is 0. The van der Waals surface area contributed by atoms with Gasteiger partial charge in [0.2, 0.25) is 0 Å². The van der Waals surface area contributed by atoms with Crippen molar-refractivity contribution in [1.29, 1.82) is 0 Å². The summed E-state index contributed by atoms with van der Waals surface area (Å²) in [5, 5.41) is 20.9. The molecule has 146 valence electrons. The van der Waals surface area contributed by atoms with E-state index in [1.165, 1.54) is 0 Å². The average molecular weight is 357 g/mol. The number of aliphatic hydroxyl groups is 2. The minimum atomic E-state index is -1.16. The SMILES string of the molecule is CC[C@H]1OCC(C)C(=O)[C@H](C)C[C@@H](C)C[C@@H](C)C(=O)C(C)C(O)C1O. The quantitative estimate of drug-likeness (QED) is 0.754. The van der Waals surface area contributed by atoms with Crippen molar-refractivity contribution in [1.82, 2.24) is 0 Å². The van der Waals surface area contributed by atoms with Crippen LogP contribution in [-0.4, -0.2) is 46.7 Å². The van der Waals surface area contributed by atoms with E-state index in [0.29, 0.717) is 12.8 Å².